The molecule has 27 heavy (non-hydrogen) atoms. The molecule has 0 aliphatic rings. The molecule has 0 heterocycles. The van der Waals surface area contributed by atoms with Crippen molar-refractivity contribution >= 4 is 35.9 Å². The predicted octanol–water partition coefficient (Wildman–Crippen LogP) is 3.60. The van der Waals surface area contributed by atoms with Crippen LogP contribution >= 0.6 is 24.0 Å². The number of guanidine groups is 1. The minimum absolute atomic E-state index is 0. The molecule has 2 N–H and O–H groups in total. The zero-order valence-electron chi connectivity index (χ0n) is 15.4. The zero-order chi connectivity index (χ0) is 19.6. The van der Waals surface area contributed by atoms with Crippen LogP contribution in [0.3, 0.4) is 0 Å². The Morgan fingerprint density at radius 1 is 1.22 bits per heavy atom. The summed E-state index contributed by atoms with van der Waals surface area (Å²) in [7, 11) is 0. The molecule has 0 atom stereocenters. The highest BCUT2D eigenvalue weighted by molar-refractivity contribution is 14.0. The lowest BCUT2D eigenvalue weighted by Gasteiger charge is -2.14. The van der Waals surface area contributed by atoms with Gasteiger partial charge < -0.3 is 20.1 Å². The summed E-state index contributed by atoms with van der Waals surface area (Å²) in [6.07, 6.45) is -4.80. The Morgan fingerprint density at radius 2 is 1.89 bits per heavy atom. The highest BCUT2D eigenvalue weighted by Crippen LogP contribution is 2.26. The lowest BCUT2D eigenvalue weighted by Crippen LogP contribution is -2.38. The van der Waals surface area contributed by atoms with Crippen molar-refractivity contribution in [3.8, 4) is 5.75 Å². The Labute approximate surface area is 173 Å². The topological polar surface area (TPSA) is 72.0 Å². The minimum Gasteiger partial charge on any atom is -0.463 e. The van der Waals surface area contributed by atoms with Crippen LogP contribution in [-0.4, -0.2) is 37.5 Å². The molecule has 0 bridgehead atoms. The summed E-state index contributed by atoms with van der Waals surface area (Å²) < 4.78 is 46.4. The van der Waals surface area contributed by atoms with E-state index in [2.05, 4.69) is 20.4 Å². The van der Waals surface area contributed by atoms with E-state index in [-0.39, 0.29) is 61.3 Å². The van der Waals surface area contributed by atoms with Gasteiger partial charge in [-0.05, 0) is 26.8 Å². The number of benzene rings is 1. The van der Waals surface area contributed by atoms with Crippen LogP contribution in [0, 0.1) is 0 Å². The molecular weight excluding hydrogens is 478 g/mol. The smallest absolute Gasteiger partial charge is 0.463 e. The van der Waals surface area contributed by atoms with E-state index in [1.807, 2.05) is 6.92 Å². The number of esters is 1. The standard InChI is InChI=1S/C17H24F3N3O3.HI/c1-4-21-16(22-10-9-15(24)25-12(2)3)23-11-13-7-5-6-8-14(13)26-17(18,19)20;/h5-8,12H,4,9-11H2,1-3H3,(H2,21,22,23);1H. The Morgan fingerprint density at radius 3 is 2.48 bits per heavy atom. The minimum atomic E-state index is -4.76. The number of aliphatic imine (C=N–C) groups is 1. The summed E-state index contributed by atoms with van der Waals surface area (Å²) in [5, 5.41) is 5.90. The number of para-hydroxylation sites is 1. The monoisotopic (exact) mass is 503 g/mol. The maximum absolute atomic E-state index is 12.4. The number of carbonyl (C=O) groups excluding carboxylic acids is 1. The number of hydrogen-bond acceptors (Lipinski definition) is 4. The fourth-order valence-electron chi connectivity index (χ4n) is 1.97. The third-order valence-corrected chi connectivity index (χ3v) is 2.94. The van der Waals surface area contributed by atoms with Gasteiger partial charge in [-0.2, -0.15) is 0 Å². The summed E-state index contributed by atoms with van der Waals surface area (Å²) in [4.78, 5) is 15.7. The van der Waals surface area contributed by atoms with Crippen molar-refractivity contribution in [1.29, 1.82) is 0 Å². The van der Waals surface area contributed by atoms with Gasteiger partial charge in [-0.25, -0.2) is 4.99 Å². The lowest BCUT2D eigenvalue weighted by atomic mass is 10.2. The van der Waals surface area contributed by atoms with E-state index >= 15 is 0 Å². The highest BCUT2D eigenvalue weighted by atomic mass is 127. The molecule has 0 aromatic heterocycles. The molecule has 0 aliphatic carbocycles. The average molecular weight is 503 g/mol. The Balaban J connectivity index is 0.00000676. The molecular formula is C17H25F3IN3O3. The number of nitrogens with one attached hydrogen (secondary N) is 2. The van der Waals surface area contributed by atoms with Crippen LogP contribution in [0.2, 0.25) is 0 Å². The van der Waals surface area contributed by atoms with Crippen LogP contribution < -0.4 is 15.4 Å². The van der Waals surface area contributed by atoms with Crippen molar-refractivity contribution in [2.75, 3.05) is 13.1 Å². The van der Waals surface area contributed by atoms with E-state index in [0.717, 1.165) is 0 Å². The number of ether oxygens (including phenoxy) is 2. The molecule has 0 unspecified atom stereocenters. The molecule has 0 saturated heterocycles. The molecule has 0 saturated carbocycles. The summed E-state index contributed by atoms with van der Waals surface area (Å²) >= 11 is 0. The molecule has 154 valence electrons. The molecule has 0 amide bonds. The molecule has 0 aliphatic heterocycles. The van der Waals surface area contributed by atoms with Crippen LogP contribution in [0.5, 0.6) is 5.75 Å². The maximum Gasteiger partial charge on any atom is 0.573 e. The largest absolute Gasteiger partial charge is 0.573 e. The number of alkyl halides is 3. The van der Waals surface area contributed by atoms with Crippen molar-refractivity contribution < 1.29 is 27.4 Å². The molecule has 6 nitrogen and oxygen atoms in total. The molecule has 1 rings (SSSR count). The average Bonchev–Trinajstić information content (AvgIpc) is 2.51. The normalized spacial score (nSPS) is 11.6. The van der Waals surface area contributed by atoms with Crippen molar-refractivity contribution in [2.45, 2.75) is 46.2 Å². The molecule has 0 spiro atoms. The summed E-state index contributed by atoms with van der Waals surface area (Å²) in [6, 6.07) is 5.81. The van der Waals surface area contributed by atoms with Gasteiger partial charge in [0.05, 0.1) is 19.1 Å². The second-order valence-corrected chi connectivity index (χ2v) is 5.57. The van der Waals surface area contributed by atoms with E-state index in [1.54, 1.807) is 19.9 Å². The van der Waals surface area contributed by atoms with Gasteiger partial charge in [0.25, 0.3) is 0 Å². The first kappa shape index (κ1) is 25.3. The Hall–Kier alpha value is -1.72. The zero-order valence-corrected chi connectivity index (χ0v) is 17.8. The van der Waals surface area contributed by atoms with Crippen LogP contribution in [0.4, 0.5) is 13.2 Å². The Kier molecular flexibility index (Phi) is 11.8. The number of rotatable bonds is 8. The maximum atomic E-state index is 12.4. The van der Waals surface area contributed by atoms with Crippen LogP contribution in [0.1, 0.15) is 32.8 Å². The Bertz CT molecular complexity index is 611. The van der Waals surface area contributed by atoms with Crippen molar-refractivity contribution in [1.82, 2.24) is 10.6 Å². The van der Waals surface area contributed by atoms with E-state index in [1.165, 1.54) is 18.2 Å². The van der Waals surface area contributed by atoms with Gasteiger partial charge in [0.15, 0.2) is 5.96 Å². The molecule has 10 heteroatoms. The predicted molar refractivity (Wildman–Crippen MR) is 107 cm³/mol. The van der Waals surface area contributed by atoms with Crippen molar-refractivity contribution in [2.24, 2.45) is 4.99 Å². The lowest BCUT2D eigenvalue weighted by molar-refractivity contribution is -0.274. The number of carbonyl (C=O) groups is 1. The van der Waals surface area contributed by atoms with E-state index in [4.69, 9.17) is 4.74 Å². The van der Waals surface area contributed by atoms with Gasteiger partial charge in [0.1, 0.15) is 5.75 Å². The fraction of sp³-hybridized carbons (Fsp3) is 0.529. The summed E-state index contributed by atoms with van der Waals surface area (Å²) in [5.74, 6) is -0.251. The summed E-state index contributed by atoms with van der Waals surface area (Å²) in [6.45, 7) is 6.21. The van der Waals surface area contributed by atoms with E-state index < -0.39 is 6.36 Å². The first-order chi connectivity index (χ1) is 12.2. The SMILES string of the molecule is CCNC(=NCc1ccccc1OC(F)(F)F)NCCC(=O)OC(C)C.I. The third-order valence-electron chi connectivity index (χ3n) is 2.94. The van der Waals surface area contributed by atoms with Gasteiger partial charge >= 0.3 is 12.3 Å². The molecule has 1 aromatic carbocycles. The fourth-order valence-corrected chi connectivity index (χ4v) is 1.97. The van der Waals surface area contributed by atoms with E-state index in [0.29, 0.717) is 18.1 Å². The number of halogens is 4. The van der Waals surface area contributed by atoms with Gasteiger partial charge in [0, 0.05) is 18.7 Å². The second kappa shape index (κ2) is 12.6. The van der Waals surface area contributed by atoms with Gasteiger partial charge in [-0.3, -0.25) is 4.79 Å². The third kappa shape index (κ3) is 11.6. The number of nitrogens with zero attached hydrogens (tertiary/aromatic N) is 1. The second-order valence-electron chi connectivity index (χ2n) is 5.57. The number of hydrogen-bond donors (Lipinski definition) is 2. The van der Waals surface area contributed by atoms with Crippen LogP contribution in [0.15, 0.2) is 29.3 Å². The van der Waals surface area contributed by atoms with Gasteiger partial charge in [-0.15, -0.1) is 37.1 Å². The van der Waals surface area contributed by atoms with Crippen LogP contribution in [-0.2, 0) is 16.1 Å². The van der Waals surface area contributed by atoms with Crippen molar-refractivity contribution in [3.63, 3.8) is 0 Å². The molecule has 0 radical (unpaired) electrons. The van der Waals surface area contributed by atoms with E-state index in [9.17, 15) is 18.0 Å². The summed E-state index contributed by atoms with van der Waals surface area (Å²) in [5.41, 5.74) is 0.293. The molecule has 1 aromatic rings. The first-order valence-electron chi connectivity index (χ1n) is 8.26. The quantitative estimate of drug-likeness (QED) is 0.246. The van der Waals surface area contributed by atoms with Crippen molar-refractivity contribution in [3.05, 3.63) is 29.8 Å². The first-order valence-corrected chi connectivity index (χ1v) is 8.26. The highest BCUT2D eigenvalue weighted by Gasteiger charge is 2.31. The van der Waals surface area contributed by atoms with Gasteiger partial charge in [0.2, 0.25) is 0 Å². The van der Waals surface area contributed by atoms with Crippen LogP contribution in [0.25, 0.3) is 0 Å². The van der Waals surface area contributed by atoms with Gasteiger partial charge in [-0.1, -0.05) is 18.2 Å². The molecule has 0 fully saturated rings.